The zero-order valence-corrected chi connectivity index (χ0v) is 13.8. The van der Waals surface area contributed by atoms with E-state index in [0.717, 1.165) is 44.8 Å². The Morgan fingerprint density at radius 2 is 1.95 bits per heavy atom. The lowest BCUT2D eigenvalue weighted by atomic mass is 10.1. The number of carbonyl (C=O) groups excluding carboxylic acids is 1. The van der Waals surface area contributed by atoms with Gasteiger partial charge < -0.3 is 14.9 Å². The van der Waals surface area contributed by atoms with Crippen LogP contribution < -0.4 is 4.90 Å². The smallest absolute Gasteiger partial charge is 0.240 e. The molecule has 122 valence electrons. The van der Waals surface area contributed by atoms with Gasteiger partial charge in [-0.25, -0.2) is 0 Å². The molecule has 1 amide bonds. The number of carbonyl (C=O) groups is 1. The van der Waals surface area contributed by atoms with Crippen LogP contribution in [0.15, 0.2) is 24.3 Å². The second-order valence-electron chi connectivity index (χ2n) is 5.83. The minimum absolute atomic E-state index is 0.0164. The van der Waals surface area contributed by atoms with E-state index < -0.39 is 0 Å². The Kier molecular flexibility index (Phi) is 5.66. The first-order valence-electron chi connectivity index (χ1n) is 8.09. The summed E-state index contributed by atoms with van der Waals surface area (Å²) in [4.78, 5) is 19.0. The van der Waals surface area contributed by atoms with Gasteiger partial charge in [-0.1, -0.05) is 19.9 Å². The summed E-state index contributed by atoms with van der Waals surface area (Å²) in [5.41, 5.74) is 1.02. The highest BCUT2D eigenvalue weighted by Crippen LogP contribution is 2.21. The third-order valence-corrected chi connectivity index (χ3v) is 4.49. The molecule has 0 saturated carbocycles. The van der Waals surface area contributed by atoms with E-state index in [1.54, 1.807) is 12.1 Å². The average molecular weight is 305 g/mol. The van der Waals surface area contributed by atoms with Crippen molar-refractivity contribution in [2.45, 2.75) is 26.3 Å². The summed E-state index contributed by atoms with van der Waals surface area (Å²) >= 11 is 0. The highest BCUT2D eigenvalue weighted by molar-refractivity contribution is 5.82. The molecule has 1 saturated heterocycles. The fourth-order valence-electron chi connectivity index (χ4n) is 2.98. The number of piperazine rings is 1. The molecule has 1 fully saturated rings. The van der Waals surface area contributed by atoms with Gasteiger partial charge in [0.1, 0.15) is 5.75 Å². The number of phenols is 1. The van der Waals surface area contributed by atoms with Gasteiger partial charge in [0.2, 0.25) is 5.91 Å². The van der Waals surface area contributed by atoms with Gasteiger partial charge in [-0.15, -0.1) is 0 Å². The molecule has 0 bridgehead atoms. The maximum Gasteiger partial charge on any atom is 0.240 e. The second-order valence-corrected chi connectivity index (χ2v) is 5.83. The number of benzene rings is 1. The first kappa shape index (κ1) is 16.6. The van der Waals surface area contributed by atoms with E-state index >= 15 is 0 Å². The summed E-state index contributed by atoms with van der Waals surface area (Å²) in [5, 5.41) is 9.58. The zero-order valence-electron chi connectivity index (χ0n) is 13.8. The summed E-state index contributed by atoms with van der Waals surface area (Å²) in [6.45, 7) is 8.12. The first-order valence-corrected chi connectivity index (χ1v) is 8.09. The van der Waals surface area contributed by atoms with Crippen molar-refractivity contribution in [3.63, 3.8) is 0 Å². The Balaban J connectivity index is 1.95. The van der Waals surface area contributed by atoms with Gasteiger partial charge in [0.05, 0.1) is 6.04 Å². The highest BCUT2D eigenvalue weighted by Gasteiger charge is 2.28. The Morgan fingerprint density at radius 3 is 2.50 bits per heavy atom. The lowest BCUT2D eigenvalue weighted by molar-refractivity contribution is -0.136. The van der Waals surface area contributed by atoms with Crippen LogP contribution in [0.3, 0.4) is 0 Å². The van der Waals surface area contributed by atoms with Gasteiger partial charge in [0, 0.05) is 37.9 Å². The number of phenolic OH excluding ortho intramolecular Hbond substituents is 1. The number of hydrogen-bond donors (Lipinski definition) is 1. The topological polar surface area (TPSA) is 47.0 Å². The molecule has 1 N–H and O–H groups in total. The van der Waals surface area contributed by atoms with Crippen molar-refractivity contribution in [1.29, 1.82) is 0 Å². The molecular weight excluding hydrogens is 278 g/mol. The van der Waals surface area contributed by atoms with Gasteiger partial charge in [-0.3, -0.25) is 9.69 Å². The number of anilines is 1. The van der Waals surface area contributed by atoms with Crippen molar-refractivity contribution < 1.29 is 9.90 Å². The highest BCUT2D eigenvalue weighted by atomic mass is 16.3. The van der Waals surface area contributed by atoms with Crippen LogP contribution in [-0.4, -0.2) is 66.6 Å². The Morgan fingerprint density at radius 1 is 1.27 bits per heavy atom. The van der Waals surface area contributed by atoms with Crippen LogP contribution in [0.4, 0.5) is 5.69 Å². The number of aromatic hydroxyl groups is 1. The van der Waals surface area contributed by atoms with Crippen molar-refractivity contribution in [2.24, 2.45) is 0 Å². The van der Waals surface area contributed by atoms with Crippen molar-refractivity contribution >= 4 is 11.6 Å². The normalized spacial score (nSPS) is 16.9. The van der Waals surface area contributed by atoms with Crippen LogP contribution in [0.1, 0.15) is 20.3 Å². The predicted octanol–water partition coefficient (Wildman–Crippen LogP) is 1.77. The summed E-state index contributed by atoms with van der Waals surface area (Å²) in [7, 11) is 2.01. The minimum Gasteiger partial charge on any atom is -0.508 e. The molecule has 0 spiro atoms. The van der Waals surface area contributed by atoms with Crippen LogP contribution in [0.5, 0.6) is 5.75 Å². The lowest BCUT2D eigenvalue weighted by Gasteiger charge is -2.38. The number of rotatable bonds is 5. The van der Waals surface area contributed by atoms with E-state index in [1.165, 1.54) is 0 Å². The Hall–Kier alpha value is -1.75. The molecule has 0 aromatic heterocycles. The van der Waals surface area contributed by atoms with E-state index in [0.29, 0.717) is 0 Å². The average Bonchev–Trinajstić information content (AvgIpc) is 2.55. The third-order valence-electron chi connectivity index (χ3n) is 4.49. The van der Waals surface area contributed by atoms with E-state index in [9.17, 15) is 9.90 Å². The maximum absolute atomic E-state index is 12.7. The van der Waals surface area contributed by atoms with E-state index in [1.807, 2.05) is 24.1 Å². The Bertz CT molecular complexity index is 498. The van der Waals surface area contributed by atoms with Gasteiger partial charge in [-0.05, 0) is 32.1 Å². The molecule has 1 aliphatic rings. The Labute approximate surface area is 133 Å². The third kappa shape index (κ3) is 3.71. The zero-order chi connectivity index (χ0) is 16.1. The first-order chi connectivity index (χ1) is 10.6. The molecule has 1 atom stereocenters. The molecule has 0 aliphatic carbocycles. The van der Waals surface area contributed by atoms with Gasteiger partial charge >= 0.3 is 0 Å². The molecular formula is C17H27N3O2. The summed E-state index contributed by atoms with van der Waals surface area (Å²) in [5.74, 6) is 0.522. The second kappa shape index (κ2) is 7.49. The van der Waals surface area contributed by atoms with Gasteiger partial charge in [0.25, 0.3) is 0 Å². The number of likely N-dealkylation sites (N-methyl/N-ethyl adjacent to an activating group) is 1. The van der Waals surface area contributed by atoms with Gasteiger partial charge in [-0.2, -0.15) is 0 Å². The number of nitrogens with zero attached hydrogens (tertiary/aromatic N) is 3. The monoisotopic (exact) mass is 305 g/mol. The molecule has 5 heteroatoms. The van der Waals surface area contributed by atoms with E-state index in [-0.39, 0.29) is 17.7 Å². The summed E-state index contributed by atoms with van der Waals surface area (Å²) < 4.78 is 0. The molecule has 5 nitrogen and oxygen atoms in total. The molecule has 1 heterocycles. The molecule has 1 aromatic rings. The lowest BCUT2D eigenvalue weighted by Crippen LogP contribution is -2.54. The predicted molar refractivity (Wildman–Crippen MR) is 89.3 cm³/mol. The summed E-state index contributed by atoms with van der Waals surface area (Å²) in [6.07, 6.45) is 0.843. The largest absolute Gasteiger partial charge is 0.508 e. The van der Waals surface area contributed by atoms with Gasteiger partial charge in [0.15, 0.2) is 0 Å². The SMILES string of the molecule is CCC(C(=O)N1CCN(c2cccc(O)c2)CC1)N(C)CC. The standard InChI is InChI=1S/C17H27N3O2/c1-4-16(18(3)5-2)17(22)20-11-9-19(10-12-20)14-7-6-8-15(21)13-14/h6-8,13,16,21H,4-5,9-12H2,1-3H3. The molecule has 0 radical (unpaired) electrons. The van der Waals surface area contributed by atoms with Crippen LogP contribution >= 0.6 is 0 Å². The van der Waals surface area contributed by atoms with Crippen LogP contribution in [-0.2, 0) is 4.79 Å². The molecule has 1 unspecified atom stereocenters. The minimum atomic E-state index is -0.0164. The molecule has 2 rings (SSSR count). The molecule has 1 aliphatic heterocycles. The maximum atomic E-state index is 12.7. The summed E-state index contributed by atoms with van der Waals surface area (Å²) in [6, 6.07) is 7.28. The van der Waals surface area contributed by atoms with Crippen molar-refractivity contribution in [2.75, 3.05) is 44.7 Å². The van der Waals surface area contributed by atoms with Crippen molar-refractivity contribution in [1.82, 2.24) is 9.80 Å². The fraction of sp³-hybridized carbons (Fsp3) is 0.588. The van der Waals surface area contributed by atoms with Crippen LogP contribution in [0, 0.1) is 0 Å². The van der Waals surface area contributed by atoms with Crippen molar-refractivity contribution in [3.8, 4) is 5.75 Å². The van der Waals surface area contributed by atoms with Crippen molar-refractivity contribution in [3.05, 3.63) is 24.3 Å². The number of hydrogen-bond acceptors (Lipinski definition) is 4. The fourth-order valence-corrected chi connectivity index (χ4v) is 2.98. The molecule has 1 aromatic carbocycles. The quantitative estimate of drug-likeness (QED) is 0.901. The van der Waals surface area contributed by atoms with Crippen LogP contribution in [0.25, 0.3) is 0 Å². The van der Waals surface area contributed by atoms with E-state index in [4.69, 9.17) is 0 Å². The van der Waals surface area contributed by atoms with Crippen LogP contribution in [0.2, 0.25) is 0 Å². The van der Waals surface area contributed by atoms with E-state index in [2.05, 4.69) is 23.6 Å². The number of amides is 1. The molecule has 22 heavy (non-hydrogen) atoms.